The normalized spacial score (nSPS) is 10.3. The van der Waals surface area contributed by atoms with Crippen LogP contribution in [0.1, 0.15) is 33.5 Å². The molecule has 0 aliphatic rings. The summed E-state index contributed by atoms with van der Waals surface area (Å²) in [5.41, 5.74) is 2.23. The number of aryl methyl sites for hydroxylation is 1. The molecule has 0 aliphatic carbocycles. The molecule has 2 N–H and O–H groups in total. The number of amides is 1. The zero-order chi connectivity index (χ0) is 19.4. The number of carbonyl (C=O) groups excluding carboxylic acids is 2. The van der Waals surface area contributed by atoms with Crippen LogP contribution >= 0.6 is 0 Å². The third kappa shape index (κ3) is 4.72. The first kappa shape index (κ1) is 18.2. The van der Waals surface area contributed by atoms with E-state index in [1.54, 1.807) is 37.3 Å². The number of nitrogens with one attached hydrogen (secondary N) is 2. The van der Waals surface area contributed by atoms with Gasteiger partial charge < -0.3 is 10.6 Å². The highest BCUT2D eigenvalue weighted by atomic mass is 19.1. The Labute approximate surface area is 155 Å². The lowest BCUT2D eigenvalue weighted by Crippen LogP contribution is -2.15. The van der Waals surface area contributed by atoms with Gasteiger partial charge in [0.25, 0.3) is 5.91 Å². The van der Waals surface area contributed by atoms with Crippen LogP contribution in [-0.2, 0) is 0 Å². The van der Waals surface area contributed by atoms with E-state index >= 15 is 0 Å². The molecule has 136 valence electrons. The molecular weight excluding hydrogens is 347 g/mol. The van der Waals surface area contributed by atoms with Crippen LogP contribution in [0.2, 0.25) is 0 Å². The molecule has 0 unspecified atom stereocenters. The number of benzene rings is 2. The number of nitrogens with zero attached hydrogens (tertiary/aromatic N) is 2. The number of hydrogen-bond donors (Lipinski definition) is 2. The summed E-state index contributed by atoms with van der Waals surface area (Å²) in [5, 5.41) is 5.59. The van der Waals surface area contributed by atoms with E-state index in [1.165, 1.54) is 31.2 Å². The lowest BCUT2D eigenvalue weighted by Gasteiger charge is -2.09. The second kappa shape index (κ2) is 7.74. The first-order valence-electron chi connectivity index (χ1n) is 8.21. The van der Waals surface area contributed by atoms with Crippen LogP contribution in [-0.4, -0.2) is 21.7 Å². The predicted octanol–water partition coefficient (Wildman–Crippen LogP) is 4.12. The Morgan fingerprint density at radius 3 is 2.44 bits per heavy atom. The minimum atomic E-state index is -0.480. The van der Waals surface area contributed by atoms with E-state index in [0.717, 1.165) is 0 Å². The molecule has 0 fully saturated rings. The monoisotopic (exact) mass is 364 g/mol. The maximum Gasteiger partial charge on any atom is 0.274 e. The number of hydrogen-bond acceptors (Lipinski definition) is 5. The van der Waals surface area contributed by atoms with E-state index in [9.17, 15) is 14.0 Å². The Bertz CT molecular complexity index is 1020. The molecule has 0 atom stereocenters. The van der Waals surface area contributed by atoms with E-state index in [2.05, 4.69) is 20.6 Å². The van der Waals surface area contributed by atoms with E-state index in [0.29, 0.717) is 22.6 Å². The van der Waals surface area contributed by atoms with Gasteiger partial charge in [0.1, 0.15) is 11.5 Å². The van der Waals surface area contributed by atoms with Gasteiger partial charge in [-0.25, -0.2) is 14.4 Å². The molecule has 0 aliphatic heterocycles. The first-order valence-corrected chi connectivity index (χ1v) is 8.21. The summed E-state index contributed by atoms with van der Waals surface area (Å²) in [4.78, 5) is 32.4. The third-order valence-corrected chi connectivity index (χ3v) is 3.69. The van der Waals surface area contributed by atoms with Crippen molar-refractivity contribution in [1.82, 2.24) is 9.97 Å². The Morgan fingerprint density at radius 1 is 0.963 bits per heavy atom. The van der Waals surface area contributed by atoms with Crippen molar-refractivity contribution in [3.63, 3.8) is 0 Å². The Morgan fingerprint density at radius 2 is 1.70 bits per heavy atom. The second-order valence-electron chi connectivity index (χ2n) is 5.94. The van der Waals surface area contributed by atoms with Gasteiger partial charge in [0.2, 0.25) is 5.95 Å². The lowest BCUT2D eigenvalue weighted by atomic mass is 10.1. The van der Waals surface area contributed by atoms with Crippen molar-refractivity contribution in [3.05, 3.63) is 77.4 Å². The van der Waals surface area contributed by atoms with Crippen molar-refractivity contribution >= 4 is 29.0 Å². The van der Waals surface area contributed by atoms with Crippen molar-refractivity contribution in [2.45, 2.75) is 13.8 Å². The topological polar surface area (TPSA) is 84.0 Å². The van der Waals surface area contributed by atoms with E-state index in [-0.39, 0.29) is 17.4 Å². The SMILES string of the molecule is CC(=O)c1cccc(Nc2nc(C)cc(C(=O)Nc3cccc(F)c3)n2)c1. The van der Waals surface area contributed by atoms with Gasteiger partial charge in [-0.15, -0.1) is 0 Å². The summed E-state index contributed by atoms with van der Waals surface area (Å²) < 4.78 is 13.3. The Hall–Kier alpha value is -3.61. The van der Waals surface area contributed by atoms with Gasteiger partial charge >= 0.3 is 0 Å². The van der Waals surface area contributed by atoms with Crippen molar-refractivity contribution in [3.8, 4) is 0 Å². The molecule has 0 radical (unpaired) electrons. The Kier molecular flexibility index (Phi) is 5.21. The van der Waals surface area contributed by atoms with Gasteiger partial charge in [-0.1, -0.05) is 18.2 Å². The molecule has 7 heteroatoms. The maximum atomic E-state index is 13.3. The largest absolute Gasteiger partial charge is 0.324 e. The molecule has 1 heterocycles. The van der Waals surface area contributed by atoms with Gasteiger partial charge in [0.15, 0.2) is 5.78 Å². The fourth-order valence-corrected chi connectivity index (χ4v) is 2.45. The number of aromatic nitrogens is 2. The summed E-state index contributed by atoms with van der Waals surface area (Å²) in [5.74, 6) is -0.759. The molecule has 3 rings (SSSR count). The fraction of sp³-hybridized carbons (Fsp3) is 0.100. The van der Waals surface area contributed by atoms with Gasteiger partial charge in [-0.2, -0.15) is 0 Å². The van der Waals surface area contributed by atoms with Crippen molar-refractivity contribution in [2.75, 3.05) is 10.6 Å². The van der Waals surface area contributed by atoms with Gasteiger partial charge in [-0.05, 0) is 50.2 Å². The summed E-state index contributed by atoms with van der Waals surface area (Å²) >= 11 is 0. The third-order valence-electron chi connectivity index (χ3n) is 3.69. The van der Waals surface area contributed by atoms with Crippen molar-refractivity contribution in [2.24, 2.45) is 0 Å². The zero-order valence-corrected chi connectivity index (χ0v) is 14.8. The molecule has 0 bridgehead atoms. The van der Waals surface area contributed by atoms with Crippen LogP contribution in [0.25, 0.3) is 0 Å². The molecule has 0 saturated heterocycles. The molecule has 2 aromatic carbocycles. The standard InChI is InChI=1S/C20H17FN4O2/c1-12-9-18(19(27)23-17-8-4-6-15(21)11-17)25-20(22-12)24-16-7-3-5-14(10-16)13(2)26/h3-11H,1-2H3,(H,23,27)(H,22,24,25). The van der Waals surface area contributed by atoms with Gasteiger partial charge in [0, 0.05) is 22.6 Å². The number of Topliss-reactive ketones (excluding diaryl/α,β-unsaturated/α-hetero) is 1. The van der Waals surface area contributed by atoms with Crippen LogP contribution in [0.4, 0.5) is 21.7 Å². The highest BCUT2D eigenvalue weighted by molar-refractivity contribution is 6.03. The average Bonchev–Trinajstić information content (AvgIpc) is 2.61. The van der Waals surface area contributed by atoms with Crippen molar-refractivity contribution in [1.29, 1.82) is 0 Å². The summed E-state index contributed by atoms with van der Waals surface area (Å²) in [6.07, 6.45) is 0. The zero-order valence-electron chi connectivity index (χ0n) is 14.8. The minimum Gasteiger partial charge on any atom is -0.324 e. The van der Waals surface area contributed by atoms with Crippen LogP contribution in [0.3, 0.4) is 0 Å². The van der Waals surface area contributed by atoms with E-state index < -0.39 is 11.7 Å². The number of carbonyl (C=O) groups is 2. The summed E-state index contributed by atoms with van der Waals surface area (Å²) in [6, 6.07) is 14.0. The number of anilines is 3. The number of halogens is 1. The molecule has 6 nitrogen and oxygen atoms in total. The highest BCUT2D eigenvalue weighted by Gasteiger charge is 2.12. The molecule has 0 spiro atoms. The summed E-state index contributed by atoms with van der Waals surface area (Å²) in [7, 11) is 0. The van der Waals surface area contributed by atoms with Crippen LogP contribution in [0, 0.1) is 12.7 Å². The number of ketones is 1. The second-order valence-corrected chi connectivity index (χ2v) is 5.94. The van der Waals surface area contributed by atoms with Crippen molar-refractivity contribution < 1.29 is 14.0 Å². The molecule has 0 saturated carbocycles. The lowest BCUT2D eigenvalue weighted by molar-refractivity contribution is 0.101. The minimum absolute atomic E-state index is 0.0565. The van der Waals surface area contributed by atoms with E-state index in [1.807, 2.05) is 0 Å². The van der Waals surface area contributed by atoms with Crippen LogP contribution < -0.4 is 10.6 Å². The van der Waals surface area contributed by atoms with Gasteiger partial charge in [-0.3, -0.25) is 9.59 Å². The average molecular weight is 364 g/mol. The summed E-state index contributed by atoms with van der Waals surface area (Å²) in [6.45, 7) is 3.22. The first-order chi connectivity index (χ1) is 12.9. The molecule has 3 aromatic rings. The van der Waals surface area contributed by atoms with Gasteiger partial charge in [0.05, 0.1) is 0 Å². The van der Waals surface area contributed by atoms with Crippen LogP contribution in [0.15, 0.2) is 54.6 Å². The maximum absolute atomic E-state index is 13.3. The smallest absolute Gasteiger partial charge is 0.274 e. The predicted molar refractivity (Wildman–Crippen MR) is 101 cm³/mol. The Balaban J connectivity index is 1.82. The fourth-order valence-electron chi connectivity index (χ4n) is 2.45. The highest BCUT2D eigenvalue weighted by Crippen LogP contribution is 2.17. The molecule has 1 amide bonds. The molecular formula is C20H17FN4O2. The van der Waals surface area contributed by atoms with E-state index in [4.69, 9.17) is 0 Å². The quantitative estimate of drug-likeness (QED) is 0.665. The molecule has 1 aromatic heterocycles. The number of rotatable bonds is 5. The van der Waals surface area contributed by atoms with Crippen LogP contribution in [0.5, 0.6) is 0 Å². The molecule has 27 heavy (non-hydrogen) atoms.